The van der Waals surface area contributed by atoms with Gasteiger partial charge in [0.1, 0.15) is 11.5 Å². The van der Waals surface area contributed by atoms with Gasteiger partial charge in [-0.1, -0.05) is 48.5 Å². The molecule has 1 fully saturated rings. The molecule has 1 aliphatic heterocycles. The first-order valence-corrected chi connectivity index (χ1v) is 11.6. The summed E-state index contributed by atoms with van der Waals surface area (Å²) in [6.07, 6.45) is 5.69. The van der Waals surface area contributed by atoms with Crippen LogP contribution >= 0.6 is 0 Å². The van der Waals surface area contributed by atoms with Crippen LogP contribution in [0.5, 0.6) is 11.5 Å². The maximum atomic E-state index is 10.0. The number of aryl methyl sites for hydroxylation is 1. The highest BCUT2D eigenvalue weighted by Crippen LogP contribution is 2.47. The molecule has 0 bridgehead atoms. The van der Waals surface area contributed by atoms with Gasteiger partial charge in [-0.05, 0) is 91.1 Å². The number of phenols is 1. The second kappa shape index (κ2) is 9.15. The Morgan fingerprint density at radius 3 is 2.52 bits per heavy atom. The summed E-state index contributed by atoms with van der Waals surface area (Å²) in [6, 6.07) is 26.0. The van der Waals surface area contributed by atoms with Gasteiger partial charge in [-0.15, -0.1) is 0 Å². The highest BCUT2D eigenvalue weighted by atomic mass is 16.5. The molecule has 3 aromatic rings. The predicted octanol–water partition coefficient (Wildman–Crippen LogP) is 5.78. The summed E-state index contributed by atoms with van der Waals surface area (Å²) in [6.45, 7) is 1.90. The normalized spacial score (nSPS) is 22.8. The first-order chi connectivity index (χ1) is 15.3. The van der Waals surface area contributed by atoms with Gasteiger partial charge in [0.15, 0.2) is 0 Å². The second-order valence-corrected chi connectivity index (χ2v) is 8.92. The summed E-state index contributed by atoms with van der Waals surface area (Å²) in [4.78, 5) is 0. The van der Waals surface area contributed by atoms with Gasteiger partial charge in [0.05, 0.1) is 6.61 Å². The van der Waals surface area contributed by atoms with E-state index in [1.54, 1.807) is 0 Å². The Kier molecular flexibility index (Phi) is 5.95. The third-order valence-electron chi connectivity index (χ3n) is 6.95. The third kappa shape index (κ3) is 4.47. The Morgan fingerprint density at radius 1 is 0.903 bits per heavy atom. The molecule has 0 aromatic heterocycles. The van der Waals surface area contributed by atoms with E-state index in [-0.39, 0.29) is 5.92 Å². The molecule has 1 aliphatic carbocycles. The zero-order valence-electron chi connectivity index (χ0n) is 18.0. The van der Waals surface area contributed by atoms with Crippen LogP contribution in [0.1, 0.15) is 59.8 Å². The van der Waals surface area contributed by atoms with E-state index in [4.69, 9.17) is 4.74 Å². The minimum Gasteiger partial charge on any atom is -0.508 e. The van der Waals surface area contributed by atoms with Crippen molar-refractivity contribution < 1.29 is 9.84 Å². The Morgan fingerprint density at radius 2 is 1.74 bits per heavy atom. The lowest BCUT2D eigenvalue weighted by Crippen LogP contribution is -2.23. The fourth-order valence-electron chi connectivity index (χ4n) is 5.37. The van der Waals surface area contributed by atoms with Crippen LogP contribution in [0, 0.1) is 0 Å². The van der Waals surface area contributed by atoms with Gasteiger partial charge in [0.2, 0.25) is 0 Å². The van der Waals surface area contributed by atoms with Crippen molar-refractivity contribution in [3.8, 4) is 11.5 Å². The SMILES string of the molecule is Oc1ccc2c(c1)CC[C@H](c1ccccc1)[C@@H]2c1ccc(OCCC2CCCN2)cc1. The summed E-state index contributed by atoms with van der Waals surface area (Å²) in [5, 5.41) is 13.5. The van der Waals surface area contributed by atoms with Gasteiger partial charge in [-0.3, -0.25) is 0 Å². The molecule has 0 amide bonds. The molecule has 1 saturated heterocycles. The van der Waals surface area contributed by atoms with E-state index in [9.17, 15) is 5.11 Å². The quantitative estimate of drug-likeness (QED) is 0.539. The van der Waals surface area contributed by atoms with Crippen LogP contribution in [0.15, 0.2) is 72.8 Å². The van der Waals surface area contributed by atoms with Crippen molar-refractivity contribution >= 4 is 0 Å². The molecule has 3 aromatic carbocycles. The predicted molar refractivity (Wildman–Crippen MR) is 125 cm³/mol. The minimum absolute atomic E-state index is 0.281. The largest absolute Gasteiger partial charge is 0.508 e. The molecule has 2 aliphatic rings. The summed E-state index contributed by atoms with van der Waals surface area (Å²) in [5.41, 5.74) is 5.29. The van der Waals surface area contributed by atoms with Gasteiger partial charge in [-0.2, -0.15) is 0 Å². The molecule has 160 valence electrons. The number of nitrogens with one attached hydrogen (secondary N) is 1. The molecule has 0 saturated carbocycles. The third-order valence-corrected chi connectivity index (χ3v) is 6.95. The molecular weight excluding hydrogens is 382 g/mol. The van der Waals surface area contributed by atoms with Crippen molar-refractivity contribution in [2.45, 2.75) is 50.0 Å². The monoisotopic (exact) mass is 413 g/mol. The van der Waals surface area contributed by atoms with E-state index in [0.717, 1.165) is 38.2 Å². The molecule has 1 unspecified atom stereocenters. The number of aromatic hydroxyl groups is 1. The summed E-state index contributed by atoms with van der Waals surface area (Å²) in [5.74, 6) is 2.01. The Hall–Kier alpha value is -2.78. The van der Waals surface area contributed by atoms with Crippen molar-refractivity contribution in [2.75, 3.05) is 13.2 Å². The molecule has 31 heavy (non-hydrogen) atoms. The van der Waals surface area contributed by atoms with E-state index in [0.29, 0.717) is 17.7 Å². The molecule has 3 atom stereocenters. The summed E-state index contributed by atoms with van der Waals surface area (Å²) in [7, 11) is 0. The number of hydrogen-bond acceptors (Lipinski definition) is 3. The second-order valence-electron chi connectivity index (χ2n) is 8.92. The minimum atomic E-state index is 0.281. The van der Waals surface area contributed by atoms with Crippen molar-refractivity contribution in [3.63, 3.8) is 0 Å². The van der Waals surface area contributed by atoms with Crippen LogP contribution in [-0.4, -0.2) is 24.3 Å². The van der Waals surface area contributed by atoms with Gasteiger partial charge in [0, 0.05) is 12.0 Å². The van der Waals surface area contributed by atoms with Crippen LogP contribution < -0.4 is 10.1 Å². The standard InChI is InChI=1S/C28H31NO2/c30-24-11-15-27-22(19-24)10-14-26(20-5-2-1-3-6-20)28(27)21-8-12-25(13-9-21)31-18-16-23-7-4-17-29-23/h1-3,5-6,8-9,11-13,15,19,23,26,28-30H,4,7,10,14,16-18H2/t23?,26-,28+/m1/s1. The van der Waals surface area contributed by atoms with E-state index < -0.39 is 0 Å². The molecule has 3 nitrogen and oxygen atoms in total. The smallest absolute Gasteiger partial charge is 0.119 e. The lowest BCUT2D eigenvalue weighted by atomic mass is 9.69. The number of benzene rings is 3. The molecule has 0 radical (unpaired) electrons. The molecule has 2 N–H and O–H groups in total. The van der Waals surface area contributed by atoms with Crippen molar-refractivity contribution in [3.05, 3.63) is 95.1 Å². The van der Waals surface area contributed by atoms with Gasteiger partial charge in [0.25, 0.3) is 0 Å². The average Bonchev–Trinajstić information content (AvgIpc) is 3.33. The number of rotatable bonds is 6. The van der Waals surface area contributed by atoms with Gasteiger partial charge < -0.3 is 15.2 Å². The molecular formula is C28H31NO2. The highest BCUT2D eigenvalue weighted by molar-refractivity contribution is 5.48. The maximum absolute atomic E-state index is 10.0. The summed E-state index contributed by atoms with van der Waals surface area (Å²) < 4.78 is 6.03. The van der Waals surface area contributed by atoms with Crippen LogP contribution in [0.25, 0.3) is 0 Å². The van der Waals surface area contributed by atoms with Crippen LogP contribution in [-0.2, 0) is 6.42 Å². The highest BCUT2D eigenvalue weighted by Gasteiger charge is 2.32. The van der Waals surface area contributed by atoms with Gasteiger partial charge in [-0.25, -0.2) is 0 Å². The van der Waals surface area contributed by atoms with Crippen LogP contribution in [0.3, 0.4) is 0 Å². The lowest BCUT2D eigenvalue weighted by molar-refractivity contribution is 0.292. The average molecular weight is 414 g/mol. The Labute approximate surface area is 185 Å². The van der Waals surface area contributed by atoms with E-state index in [2.05, 4.69) is 66.0 Å². The lowest BCUT2D eigenvalue weighted by Gasteiger charge is -2.34. The number of hydrogen-bond donors (Lipinski definition) is 2. The number of phenolic OH excluding ortho intramolecular Hbond substituents is 1. The van der Waals surface area contributed by atoms with Crippen LogP contribution in [0.2, 0.25) is 0 Å². The fourth-order valence-corrected chi connectivity index (χ4v) is 5.37. The zero-order chi connectivity index (χ0) is 21.0. The maximum Gasteiger partial charge on any atom is 0.119 e. The van der Waals surface area contributed by atoms with Crippen LogP contribution in [0.4, 0.5) is 0 Å². The number of fused-ring (bicyclic) bond motifs is 1. The van der Waals surface area contributed by atoms with Gasteiger partial charge >= 0.3 is 0 Å². The molecule has 0 spiro atoms. The Bertz CT molecular complexity index is 993. The van der Waals surface area contributed by atoms with E-state index >= 15 is 0 Å². The fraction of sp³-hybridized carbons (Fsp3) is 0.357. The van der Waals surface area contributed by atoms with Crippen molar-refractivity contribution in [1.82, 2.24) is 5.32 Å². The Balaban J connectivity index is 1.38. The zero-order valence-corrected chi connectivity index (χ0v) is 18.0. The first kappa shape index (κ1) is 20.1. The molecule has 3 heteroatoms. The molecule has 5 rings (SSSR count). The van der Waals surface area contributed by atoms with E-state index in [1.165, 1.54) is 35.1 Å². The summed E-state index contributed by atoms with van der Waals surface area (Å²) >= 11 is 0. The molecule has 1 heterocycles. The number of ether oxygens (including phenoxy) is 1. The first-order valence-electron chi connectivity index (χ1n) is 11.6. The van der Waals surface area contributed by atoms with Crippen molar-refractivity contribution in [2.24, 2.45) is 0 Å². The topological polar surface area (TPSA) is 41.5 Å². The van der Waals surface area contributed by atoms with Crippen molar-refractivity contribution in [1.29, 1.82) is 0 Å². The van der Waals surface area contributed by atoms with E-state index in [1.807, 2.05) is 12.1 Å².